The zero-order chi connectivity index (χ0) is 39.1. The van der Waals surface area contributed by atoms with E-state index in [1.54, 1.807) is 13.8 Å². The number of nitrogens with zero attached hydrogens (tertiary/aromatic N) is 6. The molecule has 4 unspecified atom stereocenters. The van der Waals surface area contributed by atoms with Gasteiger partial charge < -0.3 is 14.1 Å². The Morgan fingerprint density at radius 1 is 0.944 bits per heavy atom. The van der Waals surface area contributed by atoms with Gasteiger partial charge in [-0.05, 0) is 25.1 Å². The smallest absolute Gasteiger partial charge is 0.407 e. The van der Waals surface area contributed by atoms with E-state index in [2.05, 4.69) is 29.9 Å². The summed E-state index contributed by atoms with van der Waals surface area (Å²) in [6, 6.07) is 0. The number of rotatable bonds is 5. The van der Waals surface area contributed by atoms with Crippen molar-refractivity contribution in [3.8, 4) is 0 Å². The van der Waals surface area contributed by atoms with Crippen molar-refractivity contribution in [3.05, 3.63) is 39.2 Å². The van der Waals surface area contributed by atoms with Gasteiger partial charge in [-0.2, -0.15) is 0 Å². The molecule has 3 fully saturated rings. The number of aryl methyl sites for hydroxylation is 1. The molecule has 10 atom stereocenters. The predicted molar refractivity (Wildman–Crippen MR) is 193 cm³/mol. The molecule has 3 aliphatic rings. The quantitative estimate of drug-likeness (QED) is 0.165. The van der Waals surface area contributed by atoms with Crippen molar-refractivity contribution in [1.82, 2.24) is 39.0 Å². The van der Waals surface area contributed by atoms with Gasteiger partial charge in [-0.3, -0.25) is 9.36 Å². The van der Waals surface area contributed by atoms with Crippen LogP contribution in [0.4, 0.5) is 0 Å². The Hall–Kier alpha value is -2.26. The second-order valence-corrected chi connectivity index (χ2v) is 25.8. The van der Waals surface area contributed by atoms with Gasteiger partial charge in [-0.1, -0.05) is 20.8 Å². The molecule has 0 bridgehead atoms. The molecule has 0 aromatic carbocycles. The average molecular weight is 1010 g/mol. The predicted octanol–water partition coefficient (Wildman–Crippen LogP) is 2.21. The van der Waals surface area contributed by atoms with Crippen LogP contribution in [0.2, 0.25) is 18.1 Å². The van der Waals surface area contributed by atoms with Crippen LogP contribution >= 0.6 is 15.4 Å². The summed E-state index contributed by atoms with van der Waals surface area (Å²) in [4.78, 5) is 59.2. The van der Waals surface area contributed by atoms with Crippen LogP contribution in [-0.4, -0.2) is 126 Å². The van der Waals surface area contributed by atoms with Crippen molar-refractivity contribution in [2.24, 2.45) is 5.92 Å². The van der Waals surface area contributed by atoms with E-state index in [4.69, 9.17) is 35.3 Å². The van der Waals surface area contributed by atoms with Gasteiger partial charge in [0.1, 0.15) is 11.9 Å². The van der Waals surface area contributed by atoms with Crippen LogP contribution in [-0.2, 0) is 41.1 Å². The van der Waals surface area contributed by atoms with Crippen LogP contribution < -0.4 is 14.7 Å². The first-order chi connectivity index (χ1) is 25.2. The molecule has 3 aliphatic heterocycles. The van der Waals surface area contributed by atoms with Crippen LogP contribution in [0.1, 0.15) is 46.0 Å². The van der Waals surface area contributed by atoms with Crippen LogP contribution in [0.15, 0.2) is 22.2 Å². The Morgan fingerprint density at radius 2 is 1.52 bits per heavy atom. The molecule has 7 rings (SSSR count). The van der Waals surface area contributed by atoms with E-state index < -0.39 is 120 Å². The Kier molecular flexibility index (Phi) is 10.6. The van der Waals surface area contributed by atoms with E-state index in [9.17, 15) is 23.6 Å². The van der Waals surface area contributed by atoms with Gasteiger partial charge in [0, 0.05) is 0 Å². The first kappa shape index (κ1) is 40.0. The standard InChI is InChI=1S/C29H41N8O12P2Si.Bi.HN/c1-14-20-16(45-27(14)36-12-32-18-23(36)30-11-31-25(18)38)10-44-51(41,42)48-21-17(9-43-50(6,40)47-20)46-28(22(21)49-52(7,8)29(3,4)5)37-13-33-19-24(37)34-15(2)35-26(19)39;;/h12-14,16-17,20-22,27-28H,9-10H2,1-8H3,(H,41,42)(H,30,31,38)(H,34,35,39);;1H/t14?,16-,17-,20-,21?,22+,27-,28-,50?;;/m1../s1. The molecular formula is C29H42BiN9O12P2Si. The summed E-state index contributed by atoms with van der Waals surface area (Å²) in [5.41, 5.74) is -0.474. The zero-order valence-corrected chi connectivity index (χ0v) is 36.9. The molecule has 294 valence electrons. The summed E-state index contributed by atoms with van der Waals surface area (Å²) in [6.45, 7) is 13.8. The number of nitrogens with one attached hydrogen (secondary N) is 3. The van der Waals surface area contributed by atoms with E-state index >= 15 is 0 Å². The maximum atomic E-state index is 14.1. The fourth-order valence-corrected chi connectivity index (χ4v) is 11.2. The summed E-state index contributed by atoms with van der Waals surface area (Å²) in [5, 5.41) is -0.330. The van der Waals surface area contributed by atoms with Crippen molar-refractivity contribution >= 4 is 72.7 Å². The van der Waals surface area contributed by atoms with Gasteiger partial charge in [-0.25, -0.2) is 9.97 Å². The number of phosphoric ester groups is 1. The average Bonchev–Trinajstić information content (AvgIpc) is 3.83. The Morgan fingerprint density at radius 3 is 2.17 bits per heavy atom. The molecule has 21 nitrogen and oxygen atoms in total. The van der Waals surface area contributed by atoms with E-state index in [1.165, 1.54) is 28.5 Å². The van der Waals surface area contributed by atoms with Crippen LogP contribution in [0.5, 0.6) is 0 Å². The minimum atomic E-state index is -4.95. The minimum absolute atomic E-state index is 0.0467. The van der Waals surface area contributed by atoms with Gasteiger partial charge >= 0.3 is 193 Å². The number of hydrogen-bond donors (Lipinski definition) is 4. The monoisotopic (exact) mass is 1010 g/mol. The number of phosphoric acid groups is 1. The van der Waals surface area contributed by atoms with E-state index in [-0.39, 0.29) is 27.4 Å². The Bertz CT molecular complexity index is 2330. The molecule has 4 aromatic heterocycles. The second kappa shape index (κ2) is 14.3. The molecule has 25 heteroatoms. The third-order valence-corrected chi connectivity index (χ3v) is 18.6. The van der Waals surface area contributed by atoms with Crippen LogP contribution in [0.25, 0.3) is 22.3 Å². The van der Waals surface area contributed by atoms with Crippen molar-refractivity contribution in [2.45, 2.75) is 95.7 Å². The molecule has 0 saturated carbocycles. The molecule has 0 radical (unpaired) electrons. The second-order valence-electron chi connectivity index (χ2n) is 15.1. The van der Waals surface area contributed by atoms with Crippen LogP contribution in [0.3, 0.4) is 0 Å². The molecule has 4 aromatic rings. The fraction of sp³-hybridized carbons (Fsp3) is 0.655. The summed E-state index contributed by atoms with van der Waals surface area (Å²) in [6.07, 6.45) is -4.91. The van der Waals surface area contributed by atoms with E-state index in [1.807, 2.05) is 33.9 Å². The minimum Gasteiger partial charge on any atom is -0.407 e. The van der Waals surface area contributed by atoms with Crippen molar-refractivity contribution in [2.75, 3.05) is 19.9 Å². The third kappa shape index (κ3) is 7.47. The molecule has 54 heavy (non-hydrogen) atoms. The number of aromatic amines is 2. The summed E-state index contributed by atoms with van der Waals surface area (Å²) in [7, 11) is -11.6. The first-order valence-corrected chi connectivity index (χ1v) is 26.9. The molecule has 7 heterocycles. The summed E-state index contributed by atoms with van der Waals surface area (Å²) >= 11 is -1.97. The summed E-state index contributed by atoms with van der Waals surface area (Å²) < 4.78 is 82.4. The molecule has 4 N–H and O–H groups in total. The summed E-state index contributed by atoms with van der Waals surface area (Å²) in [5.74, 6) is -0.278. The van der Waals surface area contributed by atoms with Gasteiger partial charge in [0.2, 0.25) is 0 Å². The van der Waals surface area contributed by atoms with E-state index in [0.717, 1.165) is 0 Å². The number of fused-ring (bicyclic) bond motifs is 4. The molecule has 0 spiro atoms. The molecule has 3 saturated heterocycles. The van der Waals surface area contributed by atoms with Crippen LogP contribution in [0, 0.1) is 16.1 Å². The number of imidazole rings is 2. The van der Waals surface area contributed by atoms with Gasteiger partial charge in [0.05, 0.1) is 6.33 Å². The Labute approximate surface area is 320 Å². The molecular weight excluding hydrogens is 965 g/mol. The van der Waals surface area contributed by atoms with Gasteiger partial charge in [0.25, 0.3) is 5.56 Å². The number of hydrogen-bond acceptors (Lipinski definition) is 16. The number of aromatic nitrogens is 8. The Balaban J connectivity index is 1.24. The molecule has 0 amide bonds. The normalized spacial score (nSPS) is 34.0. The number of ether oxygens (including phenoxy) is 2. The van der Waals surface area contributed by atoms with Gasteiger partial charge in [-0.15, -0.1) is 0 Å². The zero-order valence-electron chi connectivity index (χ0n) is 30.7. The third-order valence-electron chi connectivity index (χ3n) is 10.2. The SMILES string of the molecule is Cc1nc2c(ncn2[C@@H]2O[C@@H]3COP(C)(=O)O[C@@H]4C(C)[C@H](n5cnc6c(=O)[nH][c]([Bi]=[NH])nc65)O[C@@H]4COP(=O)(O)OC3[C@@H]2O[Si](C)(C)C(C)(C)C)c(=O)[nH]1. The van der Waals surface area contributed by atoms with Crippen molar-refractivity contribution < 1.29 is 46.0 Å². The van der Waals surface area contributed by atoms with Crippen molar-refractivity contribution in [3.63, 3.8) is 0 Å². The van der Waals surface area contributed by atoms with E-state index in [0.29, 0.717) is 9.36 Å². The molecule has 0 aliphatic carbocycles. The maximum absolute atomic E-state index is 14.1. The van der Waals surface area contributed by atoms with Gasteiger partial charge in [0.15, 0.2) is 25.7 Å². The van der Waals surface area contributed by atoms with Crippen molar-refractivity contribution in [1.29, 1.82) is 3.29 Å². The first-order valence-electron chi connectivity index (χ1n) is 17.0. The topological polar surface area (TPSA) is 270 Å². The fourth-order valence-electron chi connectivity index (χ4n) is 6.52. The number of H-pyrrole nitrogens is 2.